The predicted molar refractivity (Wildman–Crippen MR) is 74.9 cm³/mol. The van der Waals surface area contributed by atoms with E-state index in [1.165, 1.54) is 0 Å². The zero-order valence-electron chi connectivity index (χ0n) is 9.57. The molecule has 1 aromatic carbocycles. The third-order valence-corrected chi connectivity index (χ3v) is 3.43. The molecule has 0 aliphatic rings. The molecule has 1 aromatic heterocycles. The van der Waals surface area contributed by atoms with Crippen LogP contribution in [0.25, 0.3) is 5.69 Å². The van der Waals surface area contributed by atoms with Gasteiger partial charge < -0.3 is 9.67 Å². The molecule has 3 nitrogen and oxygen atoms in total. The van der Waals surface area contributed by atoms with Crippen LogP contribution in [0.2, 0.25) is 0 Å². The van der Waals surface area contributed by atoms with Gasteiger partial charge in [0.25, 0.3) is 0 Å². The molecule has 0 spiro atoms. The van der Waals surface area contributed by atoms with Gasteiger partial charge in [-0.05, 0) is 59.7 Å². The van der Waals surface area contributed by atoms with E-state index >= 15 is 0 Å². The van der Waals surface area contributed by atoms with Crippen molar-refractivity contribution >= 4 is 28.6 Å². The number of halogens is 1. The Morgan fingerprint density at radius 3 is 2.71 bits per heavy atom. The van der Waals surface area contributed by atoms with Crippen LogP contribution < -0.4 is 0 Å². The van der Waals surface area contributed by atoms with Gasteiger partial charge in [-0.3, -0.25) is 0 Å². The second kappa shape index (κ2) is 4.52. The average molecular weight is 341 g/mol. The first kappa shape index (κ1) is 12.2. The molecule has 0 bridgehead atoms. The van der Waals surface area contributed by atoms with Crippen molar-refractivity contribution in [3.8, 4) is 5.69 Å². The number of benzene rings is 1. The lowest BCUT2D eigenvalue weighted by molar-refractivity contribution is 0.0688. The van der Waals surface area contributed by atoms with Crippen LogP contribution in [0.5, 0.6) is 0 Å². The molecule has 1 heterocycles. The summed E-state index contributed by atoms with van der Waals surface area (Å²) in [4.78, 5) is 11.2. The molecule has 1 N–H and O–H groups in total. The zero-order valence-corrected chi connectivity index (χ0v) is 11.7. The summed E-state index contributed by atoms with van der Waals surface area (Å²) in [6.45, 7) is 4.02. The highest BCUT2D eigenvalue weighted by Crippen LogP contribution is 2.22. The van der Waals surface area contributed by atoms with Gasteiger partial charge in [0.05, 0.1) is 0 Å². The Bertz CT molecular complexity index is 587. The fourth-order valence-corrected chi connectivity index (χ4v) is 2.36. The lowest BCUT2D eigenvalue weighted by Crippen LogP contribution is -2.07. The fourth-order valence-electron chi connectivity index (χ4n) is 1.79. The van der Waals surface area contributed by atoms with Crippen molar-refractivity contribution in [3.05, 3.63) is 50.9 Å². The first-order chi connectivity index (χ1) is 8.00. The quantitative estimate of drug-likeness (QED) is 0.851. The first-order valence-corrected chi connectivity index (χ1v) is 6.26. The van der Waals surface area contributed by atoms with Crippen molar-refractivity contribution in [3.63, 3.8) is 0 Å². The number of hydrogen-bond acceptors (Lipinski definition) is 1. The summed E-state index contributed by atoms with van der Waals surface area (Å²) in [5, 5.41) is 9.18. The highest BCUT2D eigenvalue weighted by Gasteiger charge is 2.14. The molecule has 0 saturated heterocycles. The Morgan fingerprint density at radius 2 is 2.06 bits per heavy atom. The normalized spacial score (nSPS) is 10.5. The summed E-state index contributed by atoms with van der Waals surface area (Å²) in [7, 11) is 0. The summed E-state index contributed by atoms with van der Waals surface area (Å²) in [6.07, 6.45) is 1.84. The molecule has 0 aliphatic carbocycles. The van der Waals surface area contributed by atoms with E-state index in [4.69, 9.17) is 0 Å². The van der Waals surface area contributed by atoms with Crippen molar-refractivity contribution in [1.29, 1.82) is 0 Å². The molecule has 2 rings (SSSR count). The second-order valence-corrected chi connectivity index (χ2v) is 5.18. The fraction of sp³-hybridized carbons (Fsp3) is 0.154. The van der Waals surface area contributed by atoms with Gasteiger partial charge in [-0.25, -0.2) is 4.79 Å². The van der Waals surface area contributed by atoms with Gasteiger partial charge >= 0.3 is 5.97 Å². The minimum atomic E-state index is -0.908. The Labute approximate surface area is 113 Å². The third-order valence-electron chi connectivity index (χ3n) is 2.84. The van der Waals surface area contributed by atoms with E-state index in [1.807, 2.05) is 38.2 Å². The van der Waals surface area contributed by atoms with Crippen LogP contribution >= 0.6 is 22.6 Å². The summed E-state index contributed by atoms with van der Waals surface area (Å²) >= 11 is 2.12. The maximum atomic E-state index is 11.2. The molecular formula is C13H12INO2. The monoisotopic (exact) mass is 341 g/mol. The van der Waals surface area contributed by atoms with Crippen LogP contribution in [-0.4, -0.2) is 15.6 Å². The smallest absolute Gasteiger partial charge is 0.352 e. The lowest BCUT2D eigenvalue weighted by Gasteiger charge is -2.11. The molecule has 0 atom stereocenters. The van der Waals surface area contributed by atoms with Crippen LogP contribution in [0.4, 0.5) is 0 Å². The number of hydrogen-bond donors (Lipinski definition) is 1. The molecule has 0 amide bonds. The number of carboxylic acid groups (broad SMARTS) is 1. The van der Waals surface area contributed by atoms with Crippen LogP contribution in [0.1, 0.15) is 21.6 Å². The van der Waals surface area contributed by atoms with Gasteiger partial charge in [0, 0.05) is 15.5 Å². The van der Waals surface area contributed by atoms with E-state index in [-0.39, 0.29) is 0 Å². The molecule has 0 unspecified atom stereocenters. The molecule has 17 heavy (non-hydrogen) atoms. The number of carbonyl (C=O) groups is 1. The molecular weight excluding hydrogens is 329 g/mol. The molecule has 0 saturated carbocycles. The maximum absolute atomic E-state index is 11.2. The molecule has 88 valence electrons. The van der Waals surface area contributed by atoms with E-state index in [2.05, 4.69) is 22.6 Å². The molecule has 0 aliphatic heterocycles. The lowest BCUT2D eigenvalue weighted by atomic mass is 10.1. The number of carboxylic acids is 1. The zero-order chi connectivity index (χ0) is 12.6. The Hall–Kier alpha value is -1.30. The van der Waals surface area contributed by atoms with Crippen molar-refractivity contribution < 1.29 is 9.90 Å². The number of aromatic carboxylic acids is 1. The van der Waals surface area contributed by atoms with Crippen molar-refractivity contribution in [1.82, 2.24) is 4.57 Å². The van der Waals surface area contributed by atoms with Crippen LogP contribution in [0.3, 0.4) is 0 Å². The Balaban J connectivity index is 2.68. The van der Waals surface area contributed by atoms with E-state index in [1.54, 1.807) is 10.6 Å². The van der Waals surface area contributed by atoms with E-state index in [9.17, 15) is 9.90 Å². The molecule has 0 fully saturated rings. The molecule has 0 radical (unpaired) electrons. The first-order valence-electron chi connectivity index (χ1n) is 5.18. The highest BCUT2D eigenvalue weighted by molar-refractivity contribution is 14.1. The van der Waals surface area contributed by atoms with Gasteiger partial charge in [0.1, 0.15) is 5.69 Å². The third kappa shape index (κ3) is 2.22. The minimum absolute atomic E-state index is 0.295. The van der Waals surface area contributed by atoms with Crippen LogP contribution in [0.15, 0.2) is 30.5 Å². The topological polar surface area (TPSA) is 42.2 Å². The largest absolute Gasteiger partial charge is 0.477 e. The molecule has 4 heteroatoms. The van der Waals surface area contributed by atoms with Gasteiger partial charge in [0.15, 0.2) is 0 Å². The number of aromatic nitrogens is 1. The summed E-state index contributed by atoms with van der Waals surface area (Å²) in [5.41, 5.74) is 3.47. The summed E-state index contributed by atoms with van der Waals surface area (Å²) in [6, 6.07) is 7.57. The summed E-state index contributed by atoms with van der Waals surface area (Å²) < 4.78 is 2.65. The molecule has 2 aromatic rings. The van der Waals surface area contributed by atoms with Crippen molar-refractivity contribution in [2.24, 2.45) is 0 Å². The van der Waals surface area contributed by atoms with Crippen LogP contribution in [0, 0.1) is 17.4 Å². The van der Waals surface area contributed by atoms with Gasteiger partial charge in [-0.2, -0.15) is 0 Å². The average Bonchev–Trinajstić information content (AvgIpc) is 2.64. The predicted octanol–water partition coefficient (Wildman–Crippen LogP) is 3.40. The summed E-state index contributed by atoms with van der Waals surface area (Å²) in [5.74, 6) is -0.908. The van der Waals surface area contributed by atoms with Crippen LogP contribution in [-0.2, 0) is 0 Å². The van der Waals surface area contributed by atoms with Gasteiger partial charge in [-0.1, -0.05) is 12.1 Å². The maximum Gasteiger partial charge on any atom is 0.352 e. The Morgan fingerprint density at radius 1 is 1.35 bits per heavy atom. The Kier molecular flexibility index (Phi) is 3.24. The SMILES string of the molecule is Cc1cccc(-n2cc(I)cc2C(=O)O)c1C. The van der Waals surface area contributed by atoms with Gasteiger partial charge in [-0.15, -0.1) is 0 Å². The van der Waals surface area contributed by atoms with E-state index < -0.39 is 5.97 Å². The standard InChI is InChI=1S/C13H12INO2/c1-8-4-3-5-11(9(8)2)15-7-10(14)6-12(15)13(16)17/h3-7H,1-2H3,(H,16,17). The minimum Gasteiger partial charge on any atom is -0.477 e. The second-order valence-electron chi connectivity index (χ2n) is 3.94. The number of rotatable bonds is 2. The van der Waals surface area contributed by atoms with E-state index in [0.29, 0.717) is 5.69 Å². The van der Waals surface area contributed by atoms with Gasteiger partial charge in [0.2, 0.25) is 0 Å². The highest BCUT2D eigenvalue weighted by atomic mass is 127. The number of nitrogens with zero attached hydrogens (tertiary/aromatic N) is 1. The van der Waals surface area contributed by atoms with E-state index in [0.717, 1.165) is 20.4 Å². The number of aryl methyl sites for hydroxylation is 1. The van der Waals surface area contributed by atoms with Crippen molar-refractivity contribution in [2.45, 2.75) is 13.8 Å². The van der Waals surface area contributed by atoms with Crippen molar-refractivity contribution in [2.75, 3.05) is 0 Å².